The Morgan fingerprint density at radius 2 is 2.00 bits per heavy atom. The number of hydrogen-bond donors (Lipinski definition) is 1. The van der Waals surface area contributed by atoms with Crippen LogP contribution in [-0.2, 0) is 16.1 Å². The maximum Gasteiger partial charge on any atom is 0.338 e. The molecule has 0 spiro atoms. The first-order chi connectivity index (χ1) is 12.5. The molecule has 0 aliphatic heterocycles. The van der Waals surface area contributed by atoms with E-state index in [2.05, 4.69) is 15.5 Å². The van der Waals surface area contributed by atoms with Crippen molar-refractivity contribution >= 4 is 23.2 Å². The van der Waals surface area contributed by atoms with Crippen LogP contribution in [0.15, 0.2) is 46.2 Å². The number of nitrogens with zero attached hydrogens (tertiary/aromatic N) is 2. The molecule has 1 atom stereocenters. The molecule has 0 aliphatic carbocycles. The Kier molecular flexibility index (Phi) is 5.43. The third kappa shape index (κ3) is 4.34. The summed E-state index contributed by atoms with van der Waals surface area (Å²) in [4.78, 5) is 24.0. The zero-order valence-electron chi connectivity index (χ0n) is 14.3. The van der Waals surface area contributed by atoms with E-state index in [1.807, 2.05) is 17.5 Å². The quantitative estimate of drug-likeness (QED) is 0.668. The number of aromatic nitrogens is 2. The molecule has 2 heterocycles. The monoisotopic (exact) mass is 371 g/mol. The molecule has 1 N–H and O–H groups in total. The van der Waals surface area contributed by atoms with Gasteiger partial charge in [-0.25, -0.2) is 4.79 Å². The SMILES string of the molecule is CC(=O)NCc1ccc(C(=O)O[C@@H](C)c2nnc(-c3cccs3)o2)cc1. The fraction of sp³-hybridized carbons (Fsp3) is 0.222. The van der Waals surface area contributed by atoms with Crippen molar-refractivity contribution < 1.29 is 18.7 Å². The number of rotatable bonds is 6. The van der Waals surface area contributed by atoms with Crippen LogP contribution in [0.2, 0.25) is 0 Å². The van der Waals surface area contributed by atoms with Crippen molar-refractivity contribution in [1.82, 2.24) is 15.5 Å². The number of carbonyl (C=O) groups is 2. The number of nitrogens with one attached hydrogen (secondary N) is 1. The van der Waals surface area contributed by atoms with Crippen LogP contribution in [-0.4, -0.2) is 22.1 Å². The molecule has 0 radical (unpaired) electrons. The molecule has 2 aromatic heterocycles. The minimum absolute atomic E-state index is 0.108. The molecule has 26 heavy (non-hydrogen) atoms. The average Bonchev–Trinajstić information content (AvgIpc) is 3.31. The Labute approximate surface area is 154 Å². The highest BCUT2D eigenvalue weighted by Crippen LogP contribution is 2.26. The van der Waals surface area contributed by atoms with E-state index in [1.165, 1.54) is 18.3 Å². The first kappa shape index (κ1) is 17.8. The number of ether oxygens (including phenoxy) is 1. The summed E-state index contributed by atoms with van der Waals surface area (Å²) in [6.45, 7) is 3.54. The lowest BCUT2D eigenvalue weighted by molar-refractivity contribution is -0.119. The summed E-state index contributed by atoms with van der Waals surface area (Å²) in [6.07, 6.45) is -0.664. The van der Waals surface area contributed by atoms with E-state index >= 15 is 0 Å². The second-order valence-electron chi connectivity index (χ2n) is 5.58. The van der Waals surface area contributed by atoms with Gasteiger partial charge in [-0.3, -0.25) is 4.79 Å². The Morgan fingerprint density at radius 3 is 2.65 bits per heavy atom. The average molecular weight is 371 g/mol. The van der Waals surface area contributed by atoms with Crippen LogP contribution in [0.25, 0.3) is 10.8 Å². The van der Waals surface area contributed by atoms with Crippen LogP contribution < -0.4 is 5.32 Å². The Morgan fingerprint density at radius 1 is 1.23 bits per heavy atom. The first-order valence-electron chi connectivity index (χ1n) is 7.94. The van der Waals surface area contributed by atoms with Crippen molar-refractivity contribution in [1.29, 1.82) is 0 Å². The van der Waals surface area contributed by atoms with Gasteiger partial charge in [0.15, 0.2) is 6.10 Å². The summed E-state index contributed by atoms with van der Waals surface area (Å²) in [5.74, 6) is 0.0486. The molecule has 7 nitrogen and oxygen atoms in total. The molecule has 3 rings (SSSR count). The minimum Gasteiger partial charge on any atom is -0.449 e. The van der Waals surface area contributed by atoms with Gasteiger partial charge >= 0.3 is 5.97 Å². The smallest absolute Gasteiger partial charge is 0.338 e. The second kappa shape index (κ2) is 7.92. The number of hydrogen-bond acceptors (Lipinski definition) is 7. The number of amides is 1. The van der Waals surface area contributed by atoms with E-state index in [-0.39, 0.29) is 11.8 Å². The highest BCUT2D eigenvalue weighted by molar-refractivity contribution is 7.13. The van der Waals surface area contributed by atoms with Crippen molar-refractivity contribution in [3.8, 4) is 10.8 Å². The summed E-state index contributed by atoms with van der Waals surface area (Å²) >= 11 is 1.49. The van der Waals surface area contributed by atoms with Crippen LogP contribution >= 0.6 is 11.3 Å². The largest absolute Gasteiger partial charge is 0.449 e. The molecule has 0 saturated heterocycles. The maximum atomic E-state index is 12.3. The second-order valence-corrected chi connectivity index (χ2v) is 6.52. The van der Waals surface area contributed by atoms with Crippen LogP contribution in [0.1, 0.15) is 41.8 Å². The van der Waals surface area contributed by atoms with Crippen molar-refractivity contribution in [2.24, 2.45) is 0 Å². The van der Waals surface area contributed by atoms with Gasteiger partial charge in [-0.05, 0) is 36.1 Å². The van der Waals surface area contributed by atoms with Crippen molar-refractivity contribution in [3.63, 3.8) is 0 Å². The summed E-state index contributed by atoms with van der Waals surface area (Å²) in [5, 5.41) is 12.5. The third-order valence-corrected chi connectivity index (χ3v) is 4.39. The highest BCUT2D eigenvalue weighted by Gasteiger charge is 2.20. The van der Waals surface area contributed by atoms with Crippen molar-refractivity contribution in [2.45, 2.75) is 26.5 Å². The van der Waals surface area contributed by atoms with E-state index in [9.17, 15) is 9.59 Å². The molecular formula is C18H17N3O4S. The third-order valence-electron chi connectivity index (χ3n) is 3.54. The van der Waals surface area contributed by atoms with Gasteiger partial charge in [-0.2, -0.15) is 0 Å². The molecule has 8 heteroatoms. The van der Waals surface area contributed by atoms with Crippen LogP contribution in [0.5, 0.6) is 0 Å². The molecular weight excluding hydrogens is 354 g/mol. The topological polar surface area (TPSA) is 94.3 Å². The van der Waals surface area contributed by atoms with Crippen molar-refractivity contribution in [3.05, 3.63) is 58.8 Å². The Bertz CT molecular complexity index is 888. The Balaban J connectivity index is 1.61. The summed E-state index contributed by atoms with van der Waals surface area (Å²) < 4.78 is 11.0. The summed E-state index contributed by atoms with van der Waals surface area (Å²) in [7, 11) is 0. The number of benzene rings is 1. The lowest BCUT2D eigenvalue weighted by Gasteiger charge is -2.10. The molecule has 1 amide bonds. The van der Waals surface area contributed by atoms with Gasteiger partial charge < -0.3 is 14.5 Å². The van der Waals surface area contributed by atoms with E-state index in [4.69, 9.17) is 9.15 Å². The van der Waals surface area contributed by atoms with Gasteiger partial charge in [0.2, 0.25) is 5.91 Å². The fourth-order valence-electron chi connectivity index (χ4n) is 2.16. The lowest BCUT2D eigenvalue weighted by atomic mass is 10.1. The first-order valence-corrected chi connectivity index (χ1v) is 8.82. The van der Waals surface area contributed by atoms with Gasteiger partial charge in [0, 0.05) is 13.5 Å². The molecule has 0 bridgehead atoms. The predicted octanol–water partition coefficient (Wildman–Crippen LogP) is 3.35. The van der Waals surface area contributed by atoms with Gasteiger partial charge in [-0.15, -0.1) is 21.5 Å². The van der Waals surface area contributed by atoms with Crippen LogP contribution in [0.4, 0.5) is 0 Å². The summed E-state index contributed by atoms with van der Waals surface area (Å²) in [6, 6.07) is 10.6. The zero-order valence-corrected chi connectivity index (χ0v) is 15.1. The molecule has 1 aromatic carbocycles. The highest BCUT2D eigenvalue weighted by atomic mass is 32.1. The molecule has 134 valence electrons. The number of carbonyl (C=O) groups excluding carboxylic acids is 2. The molecule has 0 saturated carbocycles. The zero-order chi connectivity index (χ0) is 18.5. The molecule has 0 unspecified atom stereocenters. The minimum atomic E-state index is -0.664. The summed E-state index contributed by atoms with van der Waals surface area (Å²) in [5.41, 5.74) is 1.30. The van der Waals surface area contributed by atoms with Gasteiger partial charge in [0.05, 0.1) is 10.4 Å². The molecule has 3 aromatic rings. The van der Waals surface area contributed by atoms with Crippen LogP contribution in [0.3, 0.4) is 0 Å². The van der Waals surface area contributed by atoms with E-state index in [0.29, 0.717) is 18.0 Å². The van der Waals surface area contributed by atoms with E-state index < -0.39 is 12.1 Å². The fourth-order valence-corrected chi connectivity index (χ4v) is 2.81. The van der Waals surface area contributed by atoms with E-state index in [1.54, 1.807) is 31.2 Å². The van der Waals surface area contributed by atoms with E-state index in [0.717, 1.165) is 10.4 Å². The number of esters is 1. The van der Waals surface area contributed by atoms with Gasteiger partial charge in [0.1, 0.15) is 0 Å². The molecule has 0 aliphatic rings. The van der Waals surface area contributed by atoms with Gasteiger partial charge in [-0.1, -0.05) is 18.2 Å². The lowest BCUT2D eigenvalue weighted by Crippen LogP contribution is -2.18. The maximum absolute atomic E-state index is 12.3. The number of thiophene rings is 1. The van der Waals surface area contributed by atoms with Crippen LogP contribution in [0, 0.1) is 0 Å². The normalized spacial score (nSPS) is 11.8. The predicted molar refractivity (Wildman–Crippen MR) is 95.4 cm³/mol. The van der Waals surface area contributed by atoms with Gasteiger partial charge in [0.25, 0.3) is 11.8 Å². The standard InChI is InChI=1S/C18H17N3O4S/c1-11(16-20-21-17(25-16)15-4-3-9-26-15)24-18(23)14-7-5-13(6-8-14)10-19-12(2)22/h3-9,11H,10H2,1-2H3,(H,19,22)/t11-/m0/s1. The Hall–Kier alpha value is -3.00. The molecule has 0 fully saturated rings. The van der Waals surface area contributed by atoms with Crippen molar-refractivity contribution in [2.75, 3.05) is 0 Å².